The molecule has 5 rings (SSSR count). The van der Waals surface area contributed by atoms with E-state index in [2.05, 4.69) is 43.3 Å². The molecule has 128 valence electrons. The van der Waals surface area contributed by atoms with E-state index >= 15 is 0 Å². The smallest absolute Gasteiger partial charge is 0.163 e. The molecule has 0 radical (unpaired) electrons. The van der Waals surface area contributed by atoms with Gasteiger partial charge in [0.05, 0.1) is 0 Å². The largest absolute Gasteiger partial charge is 0.294 e. The van der Waals surface area contributed by atoms with Crippen molar-refractivity contribution < 1.29 is 4.79 Å². The van der Waals surface area contributed by atoms with Gasteiger partial charge in [-0.05, 0) is 78.5 Å². The highest BCUT2D eigenvalue weighted by atomic mass is 16.1. The van der Waals surface area contributed by atoms with Gasteiger partial charge in [0.15, 0.2) is 5.78 Å². The molecule has 2 aromatic rings. The van der Waals surface area contributed by atoms with E-state index in [9.17, 15) is 4.79 Å². The number of aryl methyl sites for hydroxylation is 1. The molecule has 1 fully saturated rings. The Balaban J connectivity index is 1.65. The molecule has 2 aromatic carbocycles. The van der Waals surface area contributed by atoms with E-state index in [0.717, 1.165) is 30.7 Å². The topological polar surface area (TPSA) is 17.1 Å². The first-order valence-electron chi connectivity index (χ1n) is 9.98. The summed E-state index contributed by atoms with van der Waals surface area (Å²) in [5.41, 5.74) is 5.69. The van der Waals surface area contributed by atoms with Gasteiger partial charge in [0.1, 0.15) is 0 Å². The van der Waals surface area contributed by atoms with Gasteiger partial charge in [-0.25, -0.2) is 0 Å². The predicted octanol–water partition coefficient (Wildman–Crippen LogP) is 6.14. The normalized spacial score (nSPS) is 27.2. The van der Waals surface area contributed by atoms with Crippen LogP contribution in [0.15, 0.2) is 42.0 Å². The fourth-order valence-electron chi connectivity index (χ4n) is 5.65. The molecule has 25 heavy (non-hydrogen) atoms. The van der Waals surface area contributed by atoms with E-state index in [1.807, 2.05) is 0 Å². The molecule has 0 saturated heterocycles. The molecule has 1 nitrogen and oxygen atoms in total. The van der Waals surface area contributed by atoms with Crippen molar-refractivity contribution in [2.75, 3.05) is 0 Å². The fraction of sp³-hybridized carbons (Fsp3) is 0.458. The third-order valence-electron chi connectivity index (χ3n) is 7.02. The highest BCUT2D eigenvalue weighted by molar-refractivity contribution is 6.03. The minimum atomic E-state index is 0.252. The monoisotopic (exact) mass is 330 g/mol. The zero-order valence-corrected chi connectivity index (χ0v) is 15.1. The maximum absolute atomic E-state index is 12.7. The van der Waals surface area contributed by atoms with Gasteiger partial charge >= 0.3 is 0 Å². The van der Waals surface area contributed by atoms with Crippen LogP contribution in [0, 0.1) is 5.92 Å². The Morgan fingerprint density at radius 3 is 2.84 bits per heavy atom. The second kappa shape index (κ2) is 5.56. The molecule has 2 atom stereocenters. The van der Waals surface area contributed by atoms with Gasteiger partial charge in [0.25, 0.3) is 0 Å². The molecule has 3 aliphatic carbocycles. The Hall–Kier alpha value is -1.89. The number of rotatable bonds is 3. The number of fused-ring (bicyclic) bond motifs is 6. The molecule has 2 bridgehead atoms. The quantitative estimate of drug-likeness (QED) is 0.618. The van der Waals surface area contributed by atoms with Gasteiger partial charge in [-0.3, -0.25) is 4.79 Å². The van der Waals surface area contributed by atoms with E-state index in [1.54, 1.807) is 5.57 Å². The lowest BCUT2D eigenvalue weighted by atomic mass is 9.62. The lowest BCUT2D eigenvalue weighted by Crippen LogP contribution is -2.37. The molecule has 2 unspecified atom stereocenters. The summed E-state index contributed by atoms with van der Waals surface area (Å²) in [5.74, 6) is 1.09. The molecular weight excluding hydrogens is 304 g/mol. The lowest BCUT2D eigenvalue weighted by Gasteiger charge is -2.41. The van der Waals surface area contributed by atoms with Gasteiger partial charge in [0, 0.05) is 17.4 Å². The molecule has 1 saturated carbocycles. The molecule has 0 aliphatic heterocycles. The summed E-state index contributed by atoms with van der Waals surface area (Å²) in [5, 5.41) is 2.56. The first-order chi connectivity index (χ1) is 12.2. The average molecular weight is 330 g/mol. The number of benzene rings is 2. The molecule has 0 aromatic heterocycles. The van der Waals surface area contributed by atoms with Crippen LogP contribution in [0.2, 0.25) is 0 Å². The van der Waals surface area contributed by atoms with Crippen LogP contribution in [0.4, 0.5) is 0 Å². The highest BCUT2D eigenvalue weighted by Gasteiger charge is 2.51. The van der Waals surface area contributed by atoms with Crippen LogP contribution in [0.1, 0.15) is 73.4 Å². The van der Waals surface area contributed by atoms with Crippen molar-refractivity contribution in [2.24, 2.45) is 5.92 Å². The van der Waals surface area contributed by atoms with Gasteiger partial charge < -0.3 is 0 Å². The Labute approximate surface area is 150 Å². The Bertz CT molecular complexity index is 904. The average Bonchev–Trinajstić information content (AvgIpc) is 3.24. The third-order valence-corrected chi connectivity index (χ3v) is 7.02. The molecule has 0 amide bonds. The van der Waals surface area contributed by atoms with E-state index in [-0.39, 0.29) is 5.41 Å². The number of allylic oxidation sites excluding steroid dienone is 2. The first-order valence-corrected chi connectivity index (χ1v) is 9.98. The van der Waals surface area contributed by atoms with Crippen molar-refractivity contribution >= 4 is 16.6 Å². The highest BCUT2D eigenvalue weighted by Crippen LogP contribution is 2.58. The molecule has 1 spiro atoms. The standard InChI is InChI=1S/C24H26O/c1-2-3-4-16-5-7-18-14-22-21(13-19(18)11-16)23(25)9-10-24(22)15-17-6-8-20(24)12-17/h5-7,11,13-14,20H,2-4,8-10,12,15H2,1H3. The number of hydrogen-bond acceptors (Lipinski definition) is 1. The van der Waals surface area contributed by atoms with E-state index in [1.165, 1.54) is 54.0 Å². The lowest BCUT2D eigenvalue weighted by molar-refractivity contribution is 0.0940. The van der Waals surface area contributed by atoms with Gasteiger partial charge in [0.2, 0.25) is 0 Å². The summed E-state index contributed by atoms with van der Waals surface area (Å²) in [6.07, 6.45) is 11.5. The van der Waals surface area contributed by atoms with E-state index < -0.39 is 0 Å². The van der Waals surface area contributed by atoms with Gasteiger partial charge in [-0.15, -0.1) is 0 Å². The molecule has 1 heteroatoms. The summed E-state index contributed by atoms with van der Waals surface area (Å²) >= 11 is 0. The van der Waals surface area contributed by atoms with Crippen LogP contribution in [0.5, 0.6) is 0 Å². The van der Waals surface area contributed by atoms with E-state index in [0.29, 0.717) is 5.78 Å². The SMILES string of the molecule is CCCCc1ccc2cc3c(cc2c1)C(=O)CCC31CC2=CCC1C2. The number of hydrogen-bond donors (Lipinski definition) is 0. The summed E-state index contributed by atoms with van der Waals surface area (Å²) in [6, 6.07) is 11.4. The number of Topliss-reactive ketones (excluding diaryl/α,β-unsaturated/α-hetero) is 1. The number of carbonyl (C=O) groups excluding carboxylic acids is 1. The fourth-order valence-corrected chi connectivity index (χ4v) is 5.65. The van der Waals surface area contributed by atoms with Crippen molar-refractivity contribution in [1.29, 1.82) is 0 Å². The van der Waals surface area contributed by atoms with Crippen LogP contribution in [0.3, 0.4) is 0 Å². The number of carbonyl (C=O) groups is 1. The minimum absolute atomic E-state index is 0.252. The van der Waals surface area contributed by atoms with Crippen molar-refractivity contribution in [1.82, 2.24) is 0 Å². The third kappa shape index (κ3) is 2.25. The summed E-state index contributed by atoms with van der Waals surface area (Å²) in [7, 11) is 0. The Kier molecular flexibility index (Phi) is 3.42. The van der Waals surface area contributed by atoms with Crippen LogP contribution in [-0.2, 0) is 11.8 Å². The van der Waals surface area contributed by atoms with Gasteiger partial charge in [-0.2, -0.15) is 0 Å². The number of ketones is 1. The Morgan fingerprint density at radius 2 is 2.08 bits per heavy atom. The zero-order valence-electron chi connectivity index (χ0n) is 15.1. The van der Waals surface area contributed by atoms with Gasteiger partial charge in [-0.1, -0.05) is 43.2 Å². The van der Waals surface area contributed by atoms with Crippen molar-refractivity contribution in [3.8, 4) is 0 Å². The Morgan fingerprint density at radius 1 is 1.16 bits per heavy atom. The van der Waals surface area contributed by atoms with Crippen LogP contribution >= 0.6 is 0 Å². The summed E-state index contributed by atoms with van der Waals surface area (Å²) in [4.78, 5) is 12.7. The first kappa shape index (κ1) is 15.4. The van der Waals surface area contributed by atoms with E-state index in [4.69, 9.17) is 0 Å². The molecule has 0 N–H and O–H groups in total. The summed E-state index contributed by atoms with van der Waals surface area (Å²) in [6.45, 7) is 2.24. The van der Waals surface area contributed by atoms with Crippen LogP contribution in [-0.4, -0.2) is 5.78 Å². The second-order valence-electron chi connectivity index (χ2n) is 8.44. The number of unbranched alkanes of at least 4 members (excludes halogenated alkanes) is 1. The van der Waals surface area contributed by atoms with Crippen LogP contribution < -0.4 is 0 Å². The van der Waals surface area contributed by atoms with Crippen molar-refractivity contribution in [2.45, 2.75) is 63.7 Å². The van der Waals surface area contributed by atoms with Crippen molar-refractivity contribution in [3.63, 3.8) is 0 Å². The second-order valence-corrected chi connectivity index (χ2v) is 8.44. The van der Waals surface area contributed by atoms with Crippen molar-refractivity contribution in [3.05, 3.63) is 58.7 Å². The molecular formula is C24H26O. The minimum Gasteiger partial charge on any atom is -0.294 e. The maximum Gasteiger partial charge on any atom is 0.163 e. The van der Waals surface area contributed by atoms with Crippen LogP contribution in [0.25, 0.3) is 10.8 Å². The molecule has 3 aliphatic rings. The maximum atomic E-state index is 12.7. The predicted molar refractivity (Wildman–Crippen MR) is 103 cm³/mol. The summed E-state index contributed by atoms with van der Waals surface area (Å²) < 4.78 is 0. The zero-order chi connectivity index (χ0) is 17.0. The molecule has 0 heterocycles.